The Morgan fingerprint density at radius 2 is 1.80 bits per heavy atom. The van der Waals surface area contributed by atoms with Crippen molar-refractivity contribution in [3.63, 3.8) is 0 Å². The van der Waals surface area contributed by atoms with Crippen LogP contribution in [0.25, 0.3) is 0 Å². The lowest BCUT2D eigenvalue weighted by Crippen LogP contribution is -2.14. The average molecular weight is 306 g/mol. The van der Waals surface area contributed by atoms with Gasteiger partial charge in [0, 0.05) is 21.2 Å². The number of rotatable bonds is 3. The van der Waals surface area contributed by atoms with Crippen molar-refractivity contribution in [3.8, 4) is 0 Å². The second-order valence-electron chi connectivity index (χ2n) is 4.59. The predicted molar refractivity (Wildman–Crippen MR) is 87.1 cm³/mol. The van der Waals surface area contributed by atoms with E-state index in [2.05, 4.69) is 5.32 Å². The molecule has 0 aliphatic heterocycles. The van der Waals surface area contributed by atoms with Crippen LogP contribution in [0.1, 0.15) is 21.5 Å². The molecule has 20 heavy (non-hydrogen) atoms. The van der Waals surface area contributed by atoms with Crippen molar-refractivity contribution in [3.05, 3.63) is 58.1 Å². The van der Waals surface area contributed by atoms with Gasteiger partial charge in [0.2, 0.25) is 0 Å². The standard InChI is InChI=1S/C16H16ClNOS/c1-10-5-7-13(20-3)9-14(10)16(19)18-15-8-12(17)6-4-11(15)2/h4-9H,1-3H3,(H,18,19). The van der Waals surface area contributed by atoms with Gasteiger partial charge in [-0.25, -0.2) is 0 Å². The third kappa shape index (κ3) is 3.35. The van der Waals surface area contributed by atoms with Crippen molar-refractivity contribution in [2.24, 2.45) is 0 Å². The quantitative estimate of drug-likeness (QED) is 0.815. The second-order valence-corrected chi connectivity index (χ2v) is 5.91. The van der Waals surface area contributed by atoms with Gasteiger partial charge in [-0.2, -0.15) is 0 Å². The van der Waals surface area contributed by atoms with Crippen LogP contribution < -0.4 is 5.32 Å². The summed E-state index contributed by atoms with van der Waals surface area (Å²) in [5.74, 6) is -0.108. The third-order valence-electron chi connectivity index (χ3n) is 3.14. The van der Waals surface area contributed by atoms with Crippen molar-refractivity contribution in [1.29, 1.82) is 0 Å². The van der Waals surface area contributed by atoms with E-state index >= 15 is 0 Å². The minimum Gasteiger partial charge on any atom is -0.322 e. The van der Waals surface area contributed by atoms with E-state index in [1.54, 1.807) is 17.8 Å². The van der Waals surface area contributed by atoms with Crippen LogP contribution in [-0.2, 0) is 0 Å². The Hall–Kier alpha value is -1.45. The minimum atomic E-state index is -0.108. The molecule has 2 aromatic rings. The van der Waals surface area contributed by atoms with E-state index in [1.807, 2.05) is 50.4 Å². The molecule has 2 rings (SSSR count). The zero-order valence-corrected chi connectivity index (χ0v) is 13.2. The van der Waals surface area contributed by atoms with Gasteiger partial charge in [-0.05, 0) is 55.5 Å². The molecule has 1 amide bonds. The van der Waals surface area contributed by atoms with Crippen LogP contribution in [0.3, 0.4) is 0 Å². The van der Waals surface area contributed by atoms with Crippen LogP contribution in [0.4, 0.5) is 5.69 Å². The maximum atomic E-state index is 12.4. The molecule has 2 nitrogen and oxygen atoms in total. The second kappa shape index (κ2) is 6.33. The van der Waals surface area contributed by atoms with Crippen LogP contribution in [-0.4, -0.2) is 12.2 Å². The maximum Gasteiger partial charge on any atom is 0.255 e. The number of nitrogens with one attached hydrogen (secondary N) is 1. The Balaban J connectivity index is 2.30. The smallest absolute Gasteiger partial charge is 0.255 e. The molecule has 4 heteroatoms. The Kier molecular flexibility index (Phi) is 4.73. The molecule has 0 unspecified atom stereocenters. The number of thioether (sulfide) groups is 1. The summed E-state index contributed by atoms with van der Waals surface area (Å²) in [5, 5.41) is 3.54. The predicted octanol–water partition coefficient (Wildman–Crippen LogP) is 4.93. The molecule has 0 saturated heterocycles. The fourth-order valence-electron chi connectivity index (χ4n) is 1.89. The van der Waals surface area contributed by atoms with Crippen molar-refractivity contribution >= 4 is 35.0 Å². The first-order chi connectivity index (χ1) is 9.51. The number of carbonyl (C=O) groups is 1. The highest BCUT2D eigenvalue weighted by atomic mass is 35.5. The monoisotopic (exact) mass is 305 g/mol. The summed E-state index contributed by atoms with van der Waals surface area (Å²) in [6.45, 7) is 3.88. The molecule has 0 aliphatic carbocycles. The van der Waals surface area contributed by atoms with Crippen molar-refractivity contribution in [2.45, 2.75) is 18.7 Å². The number of hydrogen-bond acceptors (Lipinski definition) is 2. The van der Waals surface area contributed by atoms with Crippen LogP contribution in [0, 0.1) is 13.8 Å². The highest BCUT2D eigenvalue weighted by molar-refractivity contribution is 7.98. The Labute approximate surface area is 128 Å². The van der Waals surface area contributed by atoms with Gasteiger partial charge in [-0.15, -0.1) is 11.8 Å². The number of halogens is 1. The Bertz CT molecular complexity index is 655. The molecule has 1 N–H and O–H groups in total. The van der Waals surface area contributed by atoms with Crippen molar-refractivity contribution in [1.82, 2.24) is 0 Å². The van der Waals surface area contributed by atoms with Gasteiger partial charge in [0.05, 0.1) is 0 Å². The van der Waals surface area contributed by atoms with E-state index in [-0.39, 0.29) is 5.91 Å². The van der Waals surface area contributed by atoms with Crippen molar-refractivity contribution < 1.29 is 4.79 Å². The minimum absolute atomic E-state index is 0.108. The number of amides is 1. The molecule has 0 fully saturated rings. The SMILES string of the molecule is CSc1ccc(C)c(C(=O)Nc2cc(Cl)ccc2C)c1. The largest absolute Gasteiger partial charge is 0.322 e. The molecule has 2 aromatic carbocycles. The topological polar surface area (TPSA) is 29.1 Å². The van der Waals surface area contributed by atoms with Crippen LogP contribution >= 0.6 is 23.4 Å². The summed E-state index contributed by atoms with van der Waals surface area (Å²) >= 11 is 7.59. The molecule has 0 spiro atoms. The van der Waals surface area contributed by atoms with Crippen LogP contribution in [0.15, 0.2) is 41.3 Å². The first-order valence-corrected chi connectivity index (χ1v) is 7.83. The number of hydrogen-bond donors (Lipinski definition) is 1. The summed E-state index contributed by atoms with van der Waals surface area (Å²) in [6.07, 6.45) is 1.99. The first-order valence-electron chi connectivity index (χ1n) is 6.23. The lowest BCUT2D eigenvalue weighted by Gasteiger charge is -2.11. The number of carbonyl (C=O) groups excluding carboxylic acids is 1. The zero-order valence-electron chi connectivity index (χ0n) is 11.7. The molecule has 0 saturated carbocycles. The summed E-state index contributed by atoms with van der Waals surface area (Å²) in [5.41, 5.74) is 3.38. The van der Waals surface area contributed by atoms with E-state index in [0.717, 1.165) is 21.7 Å². The lowest BCUT2D eigenvalue weighted by atomic mass is 10.1. The van der Waals surface area contributed by atoms with Crippen molar-refractivity contribution in [2.75, 3.05) is 11.6 Å². The molecular formula is C16H16ClNOS. The summed E-state index contributed by atoms with van der Waals surface area (Å²) in [4.78, 5) is 13.5. The summed E-state index contributed by atoms with van der Waals surface area (Å²) in [7, 11) is 0. The van der Waals surface area contributed by atoms with Crippen LogP contribution in [0.5, 0.6) is 0 Å². The summed E-state index contributed by atoms with van der Waals surface area (Å²) in [6, 6.07) is 11.4. The Morgan fingerprint density at radius 1 is 1.10 bits per heavy atom. The number of anilines is 1. The fourth-order valence-corrected chi connectivity index (χ4v) is 2.50. The molecule has 0 heterocycles. The van der Waals surface area contributed by atoms with Gasteiger partial charge in [0.25, 0.3) is 5.91 Å². The molecule has 0 aliphatic rings. The molecule has 0 radical (unpaired) electrons. The van der Waals surface area contributed by atoms with Gasteiger partial charge in [-0.1, -0.05) is 23.7 Å². The van der Waals surface area contributed by atoms with Gasteiger partial charge in [0.15, 0.2) is 0 Å². The lowest BCUT2D eigenvalue weighted by molar-refractivity contribution is 0.102. The van der Waals surface area contributed by atoms with E-state index in [4.69, 9.17) is 11.6 Å². The third-order valence-corrected chi connectivity index (χ3v) is 4.10. The highest BCUT2D eigenvalue weighted by Crippen LogP contribution is 2.23. The van der Waals surface area contributed by atoms with E-state index < -0.39 is 0 Å². The van der Waals surface area contributed by atoms with E-state index in [9.17, 15) is 4.79 Å². The van der Waals surface area contributed by atoms with E-state index in [1.165, 1.54) is 0 Å². The van der Waals surface area contributed by atoms with Gasteiger partial charge < -0.3 is 5.32 Å². The van der Waals surface area contributed by atoms with Crippen LogP contribution in [0.2, 0.25) is 5.02 Å². The van der Waals surface area contributed by atoms with Gasteiger partial charge in [-0.3, -0.25) is 4.79 Å². The highest BCUT2D eigenvalue weighted by Gasteiger charge is 2.11. The molecular weight excluding hydrogens is 290 g/mol. The molecule has 104 valence electrons. The average Bonchev–Trinajstić information content (AvgIpc) is 2.43. The molecule has 0 aromatic heterocycles. The van der Waals surface area contributed by atoms with Gasteiger partial charge >= 0.3 is 0 Å². The Morgan fingerprint density at radius 3 is 2.50 bits per heavy atom. The number of benzene rings is 2. The van der Waals surface area contributed by atoms with E-state index in [0.29, 0.717) is 10.6 Å². The van der Waals surface area contributed by atoms with Gasteiger partial charge in [0.1, 0.15) is 0 Å². The number of aryl methyl sites for hydroxylation is 2. The summed E-state index contributed by atoms with van der Waals surface area (Å²) < 4.78 is 0. The molecule has 0 bridgehead atoms. The zero-order chi connectivity index (χ0) is 14.7. The fraction of sp³-hybridized carbons (Fsp3) is 0.188. The normalized spacial score (nSPS) is 10.4. The maximum absolute atomic E-state index is 12.4. The molecule has 0 atom stereocenters. The first kappa shape index (κ1) is 14.9.